The van der Waals surface area contributed by atoms with Crippen LogP contribution in [0.15, 0.2) is 12.4 Å². The van der Waals surface area contributed by atoms with E-state index in [2.05, 4.69) is 28.1 Å². The van der Waals surface area contributed by atoms with Crippen molar-refractivity contribution in [2.24, 2.45) is 23.6 Å². The molecule has 2 saturated carbocycles. The fraction of sp³-hybridized carbons (Fsp3) is 0.824. The number of nitrogens with zero attached hydrogens (tertiary/aromatic N) is 2. The third-order valence-corrected chi connectivity index (χ3v) is 5.91. The molecule has 4 nitrogen and oxygen atoms in total. The number of hydrazine groups is 1. The van der Waals surface area contributed by atoms with E-state index >= 15 is 0 Å². The van der Waals surface area contributed by atoms with Gasteiger partial charge in [-0.1, -0.05) is 25.7 Å². The average Bonchev–Trinajstić information content (AvgIpc) is 2.99. The molecule has 4 unspecified atom stereocenters. The van der Waals surface area contributed by atoms with Crippen LogP contribution in [0.25, 0.3) is 0 Å². The van der Waals surface area contributed by atoms with Crippen LogP contribution in [0.1, 0.15) is 57.7 Å². The van der Waals surface area contributed by atoms with Crippen LogP contribution in [0.3, 0.4) is 0 Å². The van der Waals surface area contributed by atoms with Crippen molar-refractivity contribution in [2.45, 2.75) is 70.9 Å². The molecule has 1 aromatic heterocycles. The minimum absolute atomic E-state index is 0.376. The molecule has 4 atom stereocenters. The zero-order valence-electron chi connectivity index (χ0n) is 13.3. The number of hydrogen-bond acceptors (Lipinski definition) is 3. The molecule has 3 N–H and O–H groups in total. The van der Waals surface area contributed by atoms with Crippen LogP contribution in [0.5, 0.6) is 0 Å². The van der Waals surface area contributed by atoms with Gasteiger partial charge in [-0.25, -0.2) is 4.98 Å². The van der Waals surface area contributed by atoms with Gasteiger partial charge >= 0.3 is 0 Å². The summed E-state index contributed by atoms with van der Waals surface area (Å²) in [7, 11) is 0. The van der Waals surface area contributed by atoms with E-state index in [9.17, 15) is 0 Å². The maximum absolute atomic E-state index is 5.89. The van der Waals surface area contributed by atoms with E-state index in [1.807, 2.05) is 6.20 Å². The summed E-state index contributed by atoms with van der Waals surface area (Å²) >= 11 is 0. The predicted molar refractivity (Wildman–Crippen MR) is 85.5 cm³/mol. The van der Waals surface area contributed by atoms with Crippen LogP contribution in [0, 0.1) is 17.8 Å². The summed E-state index contributed by atoms with van der Waals surface area (Å²) in [4.78, 5) is 4.52. The van der Waals surface area contributed by atoms with E-state index < -0.39 is 0 Å². The highest BCUT2D eigenvalue weighted by molar-refractivity contribution is 4.98. The van der Waals surface area contributed by atoms with Gasteiger partial charge in [-0.05, 0) is 43.9 Å². The number of rotatable bonds is 5. The van der Waals surface area contributed by atoms with Crippen molar-refractivity contribution in [2.75, 3.05) is 0 Å². The summed E-state index contributed by atoms with van der Waals surface area (Å²) < 4.78 is 2.23. The molecule has 0 radical (unpaired) electrons. The molecule has 2 aliphatic rings. The Balaban J connectivity index is 1.63. The molecule has 2 aliphatic carbocycles. The van der Waals surface area contributed by atoms with E-state index in [0.717, 1.165) is 30.7 Å². The summed E-state index contributed by atoms with van der Waals surface area (Å²) in [5.74, 6) is 9.75. The number of aryl methyl sites for hydroxylation is 1. The lowest BCUT2D eigenvalue weighted by Gasteiger charge is -2.41. The Morgan fingerprint density at radius 3 is 2.86 bits per heavy atom. The van der Waals surface area contributed by atoms with Crippen molar-refractivity contribution >= 4 is 0 Å². The molecule has 2 fully saturated rings. The molecule has 118 valence electrons. The molecule has 1 heterocycles. The maximum atomic E-state index is 5.89. The smallest absolute Gasteiger partial charge is 0.110 e. The highest BCUT2D eigenvalue weighted by Gasteiger charge is 2.35. The summed E-state index contributed by atoms with van der Waals surface area (Å²) in [5.41, 5.74) is 3.10. The SMILES string of the molecule is CCn1ccnc1CC(NN)C1CCC2CCCCC2C1. The number of hydrogen-bond donors (Lipinski definition) is 2. The topological polar surface area (TPSA) is 55.9 Å². The minimum Gasteiger partial charge on any atom is -0.335 e. The Hall–Kier alpha value is -0.870. The van der Waals surface area contributed by atoms with Crippen LogP contribution >= 0.6 is 0 Å². The normalized spacial score (nSPS) is 30.9. The van der Waals surface area contributed by atoms with E-state index in [0.29, 0.717) is 6.04 Å². The van der Waals surface area contributed by atoms with E-state index in [1.54, 1.807) is 0 Å². The molecule has 0 bridgehead atoms. The van der Waals surface area contributed by atoms with Crippen molar-refractivity contribution in [3.63, 3.8) is 0 Å². The minimum atomic E-state index is 0.376. The zero-order valence-corrected chi connectivity index (χ0v) is 13.3. The summed E-state index contributed by atoms with van der Waals surface area (Å²) in [6, 6.07) is 0.376. The third kappa shape index (κ3) is 3.32. The van der Waals surface area contributed by atoms with Gasteiger partial charge in [0.05, 0.1) is 0 Å². The fourth-order valence-electron chi connectivity index (χ4n) is 4.65. The van der Waals surface area contributed by atoms with Crippen LogP contribution in [0.4, 0.5) is 0 Å². The van der Waals surface area contributed by atoms with Crippen LogP contribution < -0.4 is 11.3 Å². The number of nitrogens with two attached hydrogens (primary N) is 1. The average molecular weight is 290 g/mol. The second-order valence-corrected chi connectivity index (χ2v) is 6.98. The van der Waals surface area contributed by atoms with Crippen molar-refractivity contribution in [3.05, 3.63) is 18.2 Å². The predicted octanol–water partition coefficient (Wildman–Crippen LogP) is 2.88. The highest BCUT2D eigenvalue weighted by atomic mass is 15.2. The van der Waals surface area contributed by atoms with Crippen LogP contribution in [0.2, 0.25) is 0 Å². The molecule has 0 amide bonds. The Morgan fingerprint density at radius 1 is 1.29 bits per heavy atom. The standard InChI is InChI=1S/C17H30N4/c1-2-21-10-9-19-17(21)12-16(20-18)15-8-7-13-5-3-4-6-14(13)11-15/h9-10,13-16,20H,2-8,11-12,18H2,1H3. The first kappa shape index (κ1) is 15.0. The van der Waals surface area contributed by atoms with E-state index in [1.165, 1.54) is 50.8 Å². The first-order chi connectivity index (χ1) is 10.3. The van der Waals surface area contributed by atoms with Gasteiger partial charge in [-0.2, -0.15) is 0 Å². The summed E-state index contributed by atoms with van der Waals surface area (Å²) in [5, 5.41) is 0. The molecule has 3 rings (SSSR count). The number of nitrogens with one attached hydrogen (secondary N) is 1. The van der Waals surface area contributed by atoms with Crippen LogP contribution in [-0.2, 0) is 13.0 Å². The monoisotopic (exact) mass is 290 g/mol. The van der Waals surface area contributed by atoms with Gasteiger partial charge in [0, 0.05) is 31.4 Å². The molecule has 0 saturated heterocycles. The van der Waals surface area contributed by atoms with Gasteiger partial charge < -0.3 is 4.57 Å². The molecule has 21 heavy (non-hydrogen) atoms. The quantitative estimate of drug-likeness (QED) is 0.647. The lowest BCUT2D eigenvalue weighted by molar-refractivity contribution is 0.108. The largest absolute Gasteiger partial charge is 0.335 e. The Kier molecular flexibility index (Phi) is 4.96. The summed E-state index contributed by atoms with van der Waals surface area (Å²) in [6.07, 6.45) is 14.9. The van der Waals surface area contributed by atoms with E-state index in [-0.39, 0.29) is 0 Å². The van der Waals surface area contributed by atoms with Crippen LogP contribution in [-0.4, -0.2) is 15.6 Å². The molecular weight excluding hydrogens is 260 g/mol. The molecular formula is C17H30N4. The van der Waals surface area contributed by atoms with Gasteiger partial charge in [0.2, 0.25) is 0 Å². The zero-order chi connectivity index (χ0) is 14.7. The second kappa shape index (κ2) is 6.93. The number of fused-ring (bicyclic) bond motifs is 1. The molecule has 0 aromatic carbocycles. The van der Waals surface area contributed by atoms with Gasteiger partial charge in [0.1, 0.15) is 5.82 Å². The number of aromatic nitrogens is 2. The fourth-order valence-corrected chi connectivity index (χ4v) is 4.65. The van der Waals surface area contributed by atoms with Gasteiger partial charge in [0.25, 0.3) is 0 Å². The van der Waals surface area contributed by atoms with E-state index in [4.69, 9.17) is 5.84 Å². The number of imidazole rings is 1. The Morgan fingerprint density at radius 2 is 2.10 bits per heavy atom. The Labute approximate surface area is 128 Å². The lowest BCUT2D eigenvalue weighted by Crippen LogP contribution is -2.45. The van der Waals surface area contributed by atoms with Gasteiger partial charge in [-0.15, -0.1) is 0 Å². The highest BCUT2D eigenvalue weighted by Crippen LogP contribution is 2.43. The molecule has 0 aliphatic heterocycles. The van der Waals surface area contributed by atoms with Gasteiger partial charge in [-0.3, -0.25) is 11.3 Å². The van der Waals surface area contributed by atoms with Crippen molar-refractivity contribution < 1.29 is 0 Å². The maximum Gasteiger partial charge on any atom is 0.110 e. The first-order valence-electron chi connectivity index (χ1n) is 8.78. The Bertz CT molecular complexity index is 442. The first-order valence-corrected chi connectivity index (χ1v) is 8.78. The molecule has 4 heteroatoms. The van der Waals surface area contributed by atoms with Gasteiger partial charge in [0.15, 0.2) is 0 Å². The van der Waals surface area contributed by atoms with Crippen molar-refractivity contribution in [1.29, 1.82) is 0 Å². The molecule has 0 spiro atoms. The second-order valence-electron chi connectivity index (χ2n) is 6.98. The summed E-state index contributed by atoms with van der Waals surface area (Å²) in [6.45, 7) is 3.16. The van der Waals surface area contributed by atoms with Crippen molar-refractivity contribution in [1.82, 2.24) is 15.0 Å². The third-order valence-electron chi connectivity index (χ3n) is 5.91. The molecule has 1 aromatic rings. The lowest BCUT2D eigenvalue weighted by atomic mass is 9.66. The van der Waals surface area contributed by atoms with Crippen molar-refractivity contribution in [3.8, 4) is 0 Å².